The fraction of sp³-hybridized carbons (Fsp3) is 0.538. The Morgan fingerprint density at radius 2 is 2.39 bits per heavy atom. The molecule has 0 saturated carbocycles. The van der Waals surface area contributed by atoms with Gasteiger partial charge < -0.3 is 20.1 Å². The molecule has 0 aliphatic carbocycles. The third-order valence-electron chi connectivity index (χ3n) is 3.16. The number of aliphatic hydroxyl groups excluding tert-OH is 1. The van der Waals surface area contributed by atoms with Crippen molar-refractivity contribution in [1.29, 1.82) is 0 Å². The SMILES string of the molecule is CNCc1cccc(F)c1N1CCOCC1CO. The summed E-state index contributed by atoms with van der Waals surface area (Å²) >= 11 is 0. The van der Waals surface area contributed by atoms with Crippen molar-refractivity contribution in [3.05, 3.63) is 29.6 Å². The Hall–Kier alpha value is -1.17. The van der Waals surface area contributed by atoms with Gasteiger partial charge in [-0.15, -0.1) is 0 Å². The summed E-state index contributed by atoms with van der Waals surface area (Å²) in [6, 6.07) is 4.89. The van der Waals surface area contributed by atoms with Crippen molar-refractivity contribution in [2.45, 2.75) is 12.6 Å². The summed E-state index contributed by atoms with van der Waals surface area (Å²) in [5.74, 6) is -0.247. The number of para-hydroxylation sites is 1. The number of hydrogen-bond acceptors (Lipinski definition) is 4. The average molecular weight is 254 g/mol. The van der Waals surface area contributed by atoms with Gasteiger partial charge in [0.15, 0.2) is 0 Å². The molecule has 1 aromatic carbocycles. The number of ether oxygens (including phenoxy) is 1. The molecule has 1 atom stereocenters. The molecular formula is C13H19FN2O2. The lowest BCUT2D eigenvalue weighted by Gasteiger charge is -2.37. The van der Waals surface area contributed by atoms with Crippen LogP contribution in [0.2, 0.25) is 0 Å². The molecule has 1 aliphatic heterocycles. The molecule has 2 rings (SSSR count). The van der Waals surface area contributed by atoms with Crippen LogP contribution in [0.15, 0.2) is 18.2 Å². The number of nitrogens with zero attached hydrogens (tertiary/aromatic N) is 1. The minimum absolute atomic E-state index is 0.0344. The van der Waals surface area contributed by atoms with Gasteiger partial charge in [0, 0.05) is 13.1 Å². The van der Waals surface area contributed by atoms with Crippen molar-refractivity contribution in [3.8, 4) is 0 Å². The molecule has 1 aliphatic rings. The first-order valence-electron chi connectivity index (χ1n) is 6.15. The van der Waals surface area contributed by atoms with Gasteiger partial charge in [-0.1, -0.05) is 12.1 Å². The quantitative estimate of drug-likeness (QED) is 0.832. The molecule has 4 nitrogen and oxygen atoms in total. The maximum atomic E-state index is 14.1. The number of anilines is 1. The summed E-state index contributed by atoms with van der Waals surface area (Å²) in [4.78, 5) is 1.91. The number of rotatable bonds is 4. The van der Waals surface area contributed by atoms with Crippen LogP contribution in [0, 0.1) is 5.82 Å². The second-order valence-corrected chi connectivity index (χ2v) is 4.38. The van der Waals surface area contributed by atoms with E-state index in [1.54, 1.807) is 6.07 Å². The Kier molecular flexibility index (Phi) is 4.52. The highest BCUT2D eigenvalue weighted by molar-refractivity contribution is 5.56. The minimum atomic E-state index is -0.247. The predicted octanol–water partition coefficient (Wildman–Crippen LogP) is 0.743. The van der Waals surface area contributed by atoms with Crippen LogP contribution >= 0.6 is 0 Å². The highest BCUT2D eigenvalue weighted by atomic mass is 19.1. The number of nitrogens with one attached hydrogen (secondary N) is 1. The highest BCUT2D eigenvalue weighted by Crippen LogP contribution is 2.27. The molecule has 0 spiro atoms. The van der Waals surface area contributed by atoms with E-state index in [1.807, 2.05) is 18.0 Å². The van der Waals surface area contributed by atoms with Crippen LogP contribution in [0.4, 0.5) is 10.1 Å². The predicted molar refractivity (Wildman–Crippen MR) is 68.2 cm³/mol. The summed E-state index contributed by atoms with van der Waals surface area (Å²) in [5, 5.41) is 12.4. The standard InChI is InChI=1S/C13H19FN2O2/c1-15-7-10-3-2-4-12(14)13(10)16-5-6-18-9-11(16)8-17/h2-4,11,15,17H,5-9H2,1H3. The summed E-state index contributed by atoms with van der Waals surface area (Å²) in [6.45, 7) is 2.16. The molecule has 0 bridgehead atoms. The van der Waals surface area contributed by atoms with Crippen molar-refractivity contribution < 1.29 is 14.2 Å². The molecule has 2 N–H and O–H groups in total. The molecule has 0 radical (unpaired) electrons. The summed E-state index contributed by atoms with van der Waals surface area (Å²) in [7, 11) is 1.83. The monoisotopic (exact) mass is 254 g/mol. The second-order valence-electron chi connectivity index (χ2n) is 4.38. The Morgan fingerprint density at radius 3 is 3.11 bits per heavy atom. The van der Waals surface area contributed by atoms with Crippen LogP contribution in [-0.2, 0) is 11.3 Å². The zero-order valence-electron chi connectivity index (χ0n) is 10.5. The smallest absolute Gasteiger partial charge is 0.146 e. The number of morpholine rings is 1. The molecule has 1 fully saturated rings. The minimum Gasteiger partial charge on any atom is -0.394 e. The first-order chi connectivity index (χ1) is 8.77. The van der Waals surface area contributed by atoms with Crippen LogP contribution < -0.4 is 10.2 Å². The fourth-order valence-corrected chi connectivity index (χ4v) is 2.32. The van der Waals surface area contributed by atoms with Crippen LogP contribution in [0.3, 0.4) is 0 Å². The Labute approximate surface area is 106 Å². The van der Waals surface area contributed by atoms with E-state index in [0.717, 1.165) is 5.56 Å². The molecule has 1 aromatic rings. The van der Waals surface area contributed by atoms with E-state index in [1.165, 1.54) is 6.07 Å². The third kappa shape index (κ3) is 2.63. The van der Waals surface area contributed by atoms with E-state index in [-0.39, 0.29) is 18.5 Å². The first kappa shape index (κ1) is 13.3. The van der Waals surface area contributed by atoms with Crippen LogP contribution in [-0.4, -0.2) is 44.6 Å². The van der Waals surface area contributed by atoms with E-state index >= 15 is 0 Å². The van der Waals surface area contributed by atoms with Crippen molar-refractivity contribution in [1.82, 2.24) is 5.32 Å². The Bertz CT molecular complexity index is 401. The van der Waals surface area contributed by atoms with Crippen LogP contribution in [0.25, 0.3) is 0 Å². The van der Waals surface area contributed by atoms with Gasteiger partial charge in [0.1, 0.15) is 5.82 Å². The number of aliphatic hydroxyl groups is 1. The molecular weight excluding hydrogens is 235 g/mol. The first-order valence-corrected chi connectivity index (χ1v) is 6.15. The van der Waals surface area contributed by atoms with Gasteiger partial charge >= 0.3 is 0 Å². The van der Waals surface area contributed by atoms with Crippen molar-refractivity contribution in [2.75, 3.05) is 38.3 Å². The summed E-state index contributed by atoms with van der Waals surface area (Å²) in [5.41, 5.74) is 1.48. The van der Waals surface area contributed by atoms with Gasteiger partial charge in [0.25, 0.3) is 0 Å². The van der Waals surface area contributed by atoms with E-state index in [2.05, 4.69) is 5.32 Å². The van der Waals surface area contributed by atoms with Crippen molar-refractivity contribution in [2.24, 2.45) is 0 Å². The van der Waals surface area contributed by atoms with E-state index in [9.17, 15) is 9.50 Å². The molecule has 0 aromatic heterocycles. The zero-order valence-corrected chi connectivity index (χ0v) is 10.5. The number of halogens is 1. The summed E-state index contributed by atoms with van der Waals surface area (Å²) in [6.07, 6.45) is 0. The average Bonchev–Trinajstić information content (AvgIpc) is 2.39. The van der Waals surface area contributed by atoms with E-state index < -0.39 is 0 Å². The third-order valence-corrected chi connectivity index (χ3v) is 3.16. The van der Waals surface area contributed by atoms with Gasteiger partial charge in [-0.05, 0) is 18.7 Å². The molecule has 0 amide bonds. The van der Waals surface area contributed by atoms with Gasteiger partial charge in [-0.3, -0.25) is 0 Å². The maximum Gasteiger partial charge on any atom is 0.146 e. The molecule has 18 heavy (non-hydrogen) atoms. The zero-order chi connectivity index (χ0) is 13.0. The highest BCUT2D eigenvalue weighted by Gasteiger charge is 2.26. The van der Waals surface area contributed by atoms with Crippen LogP contribution in [0.5, 0.6) is 0 Å². The molecule has 5 heteroatoms. The molecule has 1 unspecified atom stereocenters. The van der Waals surface area contributed by atoms with Crippen molar-refractivity contribution in [3.63, 3.8) is 0 Å². The van der Waals surface area contributed by atoms with Gasteiger partial charge in [-0.2, -0.15) is 0 Å². The Morgan fingerprint density at radius 1 is 1.56 bits per heavy atom. The van der Waals surface area contributed by atoms with Crippen LogP contribution in [0.1, 0.15) is 5.56 Å². The van der Waals surface area contributed by atoms with E-state index in [0.29, 0.717) is 32.0 Å². The lowest BCUT2D eigenvalue weighted by molar-refractivity contribution is 0.0722. The second kappa shape index (κ2) is 6.13. The fourth-order valence-electron chi connectivity index (χ4n) is 2.32. The molecule has 1 saturated heterocycles. The lowest BCUT2D eigenvalue weighted by Crippen LogP contribution is -2.48. The van der Waals surface area contributed by atoms with Crippen molar-refractivity contribution >= 4 is 5.69 Å². The summed E-state index contributed by atoms with van der Waals surface area (Å²) < 4.78 is 19.4. The van der Waals surface area contributed by atoms with Gasteiger partial charge in [0.05, 0.1) is 31.5 Å². The molecule has 100 valence electrons. The largest absolute Gasteiger partial charge is 0.394 e. The normalized spacial score (nSPS) is 20.2. The lowest BCUT2D eigenvalue weighted by atomic mass is 10.1. The number of hydrogen-bond donors (Lipinski definition) is 2. The van der Waals surface area contributed by atoms with E-state index in [4.69, 9.17) is 4.74 Å². The van der Waals surface area contributed by atoms with Gasteiger partial charge in [-0.25, -0.2) is 4.39 Å². The molecule has 1 heterocycles. The van der Waals surface area contributed by atoms with Gasteiger partial charge in [0.2, 0.25) is 0 Å². The number of benzene rings is 1. The Balaban J connectivity index is 2.35. The topological polar surface area (TPSA) is 44.7 Å². The maximum absolute atomic E-state index is 14.1.